The summed E-state index contributed by atoms with van der Waals surface area (Å²) in [4.78, 5) is 8.22. The van der Waals surface area contributed by atoms with Gasteiger partial charge in [-0.05, 0) is 0 Å². The summed E-state index contributed by atoms with van der Waals surface area (Å²) in [7, 11) is -0.972. The minimum Gasteiger partial charge on any atom is -0.302 e. The third-order valence-corrected chi connectivity index (χ3v) is 1.89. The van der Waals surface area contributed by atoms with Gasteiger partial charge in [-0.2, -0.15) is 0 Å². The summed E-state index contributed by atoms with van der Waals surface area (Å²) in [6.07, 6.45) is 0. The third-order valence-electron chi connectivity index (χ3n) is 0.364. The van der Waals surface area contributed by atoms with Crippen LogP contribution < -0.4 is 0 Å². The Morgan fingerprint density at radius 3 is 2.29 bits per heavy atom. The summed E-state index contributed by atoms with van der Waals surface area (Å²) >= 11 is 0. The summed E-state index contributed by atoms with van der Waals surface area (Å²) in [6, 6.07) is 0. The minimum atomic E-state index is -3.69. The van der Waals surface area contributed by atoms with Gasteiger partial charge in [0.1, 0.15) is 0 Å². The van der Waals surface area contributed by atoms with Gasteiger partial charge in [0.2, 0.25) is 0 Å². The summed E-state index contributed by atoms with van der Waals surface area (Å²) < 4.78 is 17.9. The quantitative estimate of drug-likeness (QED) is 0.574. The van der Waals surface area contributed by atoms with E-state index in [1.54, 1.807) is 9.47 Å². The Morgan fingerprint density at radius 2 is 2.29 bits per heavy atom. The van der Waals surface area contributed by atoms with Gasteiger partial charge in [0.15, 0.2) is 0 Å². The Kier molecular flexibility index (Phi) is 2.96. The molecule has 2 unspecified atom stereocenters. The fraction of sp³-hybridized carbons (Fsp3) is 1.00. The van der Waals surface area contributed by atoms with Gasteiger partial charge in [-0.3, -0.25) is 8.83 Å². The van der Waals surface area contributed by atoms with E-state index in [1.165, 1.54) is 0 Å². The average molecular weight is 144 g/mol. The van der Waals surface area contributed by atoms with Crippen molar-refractivity contribution in [3.8, 4) is 0 Å². The van der Waals surface area contributed by atoms with Gasteiger partial charge in [0.05, 0.1) is 0 Å². The molecule has 0 aliphatic carbocycles. The molecule has 0 aromatic carbocycles. The highest BCUT2D eigenvalue weighted by atomic mass is 31.2. The summed E-state index contributed by atoms with van der Waals surface area (Å²) in [6.45, 7) is 0. The Morgan fingerprint density at radius 1 is 1.86 bits per heavy atom. The van der Waals surface area contributed by atoms with Crippen molar-refractivity contribution >= 4 is 17.3 Å². The lowest BCUT2D eigenvalue weighted by atomic mass is 11.8. The molecule has 6 heteroatoms. The fourth-order valence-electron chi connectivity index (χ4n) is 0.0430. The van der Waals surface area contributed by atoms with E-state index in [0.717, 1.165) is 7.11 Å². The van der Waals surface area contributed by atoms with Crippen LogP contribution in [0.15, 0.2) is 0 Å². The first-order chi connectivity index (χ1) is 3.12. The van der Waals surface area contributed by atoms with E-state index in [9.17, 15) is 4.57 Å². The summed E-state index contributed by atoms with van der Waals surface area (Å²) in [5, 5.41) is 0. The zero-order valence-electron chi connectivity index (χ0n) is 3.70. The maximum absolute atomic E-state index is 10.0. The zero-order chi connectivity index (χ0) is 5.91. The van der Waals surface area contributed by atoms with Crippen molar-refractivity contribution in [1.29, 1.82) is 0 Å². The molecule has 0 aliphatic heterocycles. The molecule has 44 valence electrons. The zero-order valence-corrected chi connectivity index (χ0v) is 5.75. The van der Waals surface area contributed by atoms with Crippen molar-refractivity contribution < 1.29 is 18.3 Å². The molecular formula is CH6O4P2. The fourth-order valence-corrected chi connectivity index (χ4v) is 0.387. The van der Waals surface area contributed by atoms with Crippen LogP contribution >= 0.6 is 17.3 Å². The molecule has 0 saturated heterocycles. The monoisotopic (exact) mass is 144 g/mol. The molecule has 0 heterocycles. The molecule has 2 atom stereocenters. The van der Waals surface area contributed by atoms with Crippen LogP contribution in [0, 0.1) is 0 Å². The molecule has 0 aromatic rings. The van der Waals surface area contributed by atoms with Gasteiger partial charge in [-0.25, -0.2) is 4.57 Å². The molecule has 4 nitrogen and oxygen atoms in total. The van der Waals surface area contributed by atoms with Gasteiger partial charge >= 0.3 is 7.82 Å². The number of rotatable bonds is 2. The van der Waals surface area contributed by atoms with Gasteiger partial charge in [-0.15, -0.1) is 0 Å². The smallest absolute Gasteiger partial charge is 0.302 e. The van der Waals surface area contributed by atoms with Crippen molar-refractivity contribution in [2.45, 2.75) is 0 Å². The Labute approximate surface area is 43.7 Å². The lowest BCUT2D eigenvalue weighted by Gasteiger charge is -2.01. The van der Waals surface area contributed by atoms with Crippen LogP contribution in [-0.2, 0) is 13.4 Å². The van der Waals surface area contributed by atoms with Crippen LogP contribution in [0.1, 0.15) is 0 Å². The second kappa shape index (κ2) is 2.75. The van der Waals surface area contributed by atoms with Crippen molar-refractivity contribution in [3.05, 3.63) is 0 Å². The van der Waals surface area contributed by atoms with Crippen molar-refractivity contribution in [2.75, 3.05) is 7.11 Å². The van der Waals surface area contributed by atoms with Crippen molar-refractivity contribution in [3.63, 3.8) is 0 Å². The molecule has 0 saturated carbocycles. The standard InChI is InChI=1S/CH6O4P2/c1-4-7(2,3)5-6/h6H2,1H3,(H,2,3). The average Bonchev–Trinajstić information content (AvgIpc) is 1.68. The van der Waals surface area contributed by atoms with E-state index in [1.807, 2.05) is 0 Å². The molecule has 1 N–H and O–H groups in total. The van der Waals surface area contributed by atoms with E-state index in [0.29, 0.717) is 0 Å². The highest BCUT2D eigenvalue weighted by molar-refractivity contribution is 7.52. The molecule has 0 aromatic heterocycles. The molecular weight excluding hydrogens is 138 g/mol. The van der Waals surface area contributed by atoms with Crippen LogP contribution in [-0.4, -0.2) is 12.0 Å². The van der Waals surface area contributed by atoms with Crippen LogP contribution in [0.3, 0.4) is 0 Å². The maximum atomic E-state index is 10.0. The SMILES string of the molecule is COP(=O)(O)OP. The Hall–Kier alpha value is 0.540. The van der Waals surface area contributed by atoms with E-state index >= 15 is 0 Å². The van der Waals surface area contributed by atoms with Crippen LogP contribution in [0.4, 0.5) is 0 Å². The first kappa shape index (κ1) is 7.54. The number of phosphoric ester groups is 1. The highest BCUT2D eigenvalue weighted by Gasteiger charge is 2.13. The molecule has 0 spiro atoms. The number of hydrogen-bond acceptors (Lipinski definition) is 3. The highest BCUT2D eigenvalue weighted by Crippen LogP contribution is 2.43. The van der Waals surface area contributed by atoms with Crippen LogP contribution in [0.2, 0.25) is 0 Å². The van der Waals surface area contributed by atoms with Gasteiger partial charge < -0.3 is 4.89 Å². The summed E-state index contributed by atoms with van der Waals surface area (Å²) in [5.41, 5.74) is 0. The molecule has 0 radical (unpaired) electrons. The minimum absolute atomic E-state index is 1.09. The van der Waals surface area contributed by atoms with Gasteiger partial charge in [-0.1, -0.05) is 0 Å². The predicted octanol–water partition coefficient (Wildman–Crippen LogP) is 0.540. The largest absolute Gasteiger partial charge is 0.474 e. The Balaban J connectivity index is 3.61. The molecule has 0 amide bonds. The molecule has 0 fully saturated rings. The number of hydrogen-bond donors (Lipinski definition) is 1. The van der Waals surface area contributed by atoms with Crippen LogP contribution in [0.25, 0.3) is 0 Å². The molecule has 7 heavy (non-hydrogen) atoms. The molecule has 0 bridgehead atoms. The first-order valence-corrected chi connectivity index (χ1v) is 3.36. The van der Waals surface area contributed by atoms with Crippen molar-refractivity contribution in [2.24, 2.45) is 0 Å². The normalized spacial score (nSPS) is 18.7. The summed E-state index contributed by atoms with van der Waals surface area (Å²) in [5.74, 6) is 0. The van der Waals surface area contributed by atoms with Gasteiger partial charge in [0, 0.05) is 16.6 Å². The van der Waals surface area contributed by atoms with E-state index in [2.05, 4.69) is 8.83 Å². The van der Waals surface area contributed by atoms with Crippen LogP contribution in [0.5, 0.6) is 0 Å². The Bertz CT molecular complexity index is 81.7. The first-order valence-electron chi connectivity index (χ1n) is 1.39. The second-order valence-electron chi connectivity index (χ2n) is 0.757. The maximum Gasteiger partial charge on any atom is 0.474 e. The van der Waals surface area contributed by atoms with E-state index < -0.39 is 7.82 Å². The second-order valence-corrected chi connectivity index (χ2v) is 2.90. The lowest BCUT2D eigenvalue weighted by Crippen LogP contribution is -1.78. The van der Waals surface area contributed by atoms with Crippen molar-refractivity contribution in [1.82, 2.24) is 0 Å². The molecule has 0 aliphatic rings. The lowest BCUT2D eigenvalue weighted by molar-refractivity contribution is 0.254. The van der Waals surface area contributed by atoms with E-state index in [4.69, 9.17) is 4.89 Å². The molecule has 0 rings (SSSR count). The van der Waals surface area contributed by atoms with E-state index in [-0.39, 0.29) is 0 Å². The van der Waals surface area contributed by atoms with Gasteiger partial charge in [0.25, 0.3) is 0 Å². The third kappa shape index (κ3) is 3.15. The topological polar surface area (TPSA) is 55.8 Å². The number of phosphoric acid groups is 1. The predicted molar refractivity (Wildman–Crippen MR) is 27.6 cm³/mol.